The van der Waals surface area contributed by atoms with Gasteiger partial charge in [0.05, 0.1) is 11.9 Å². The number of hydrogen-bond acceptors (Lipinski definition) is 4. The van der Waals surface area contributed by atoms with E-state index in [-0.39, 0.29) is 12.5 Å². The smallest absolute Gasteiger partial charge is 0.272 e. The number of rotatable bonds is 3. The number of piperidine rings is 1. The van der Waals surface area contributed by atoms with Crippen molar-refractivity contribution in [3.8, 4) is 0 Å². The third-order valence-electron chi connectivity index (χ3n) is 3.35. The monoisotopic (exact) mass is 249 g/mol. The summed E-state index contributed by atoms with van der Waals surface area (Å²) in [6.45, 7) is 1.67. The molecule has 1 fully saturated rings. The standard InChI is InChI=1S/C13H19N3O2/c14-11-3-4-12(15-8-11)13(18)16-6-1-2-10(9-16)5-7-17/h3-4,8,10,17H,1-2,5-7,9,14H2. The summed E-state index contributed by atoms with van der Waals surface area (Å²) in [6, 6.07) is 3.35. The maximum Gasteiger partial charge on any atom is 0.272 e. The zero-order valence-corrected chi connectivity index (χ0v) is 10.4. The van der Waals surface area contributed by atoms with Crippen molar-refractivity contribution >= 4 is 11.6 Å². The van der Waals surface area contributed by atoms with Gasteiger partial charge in [-0.05, 0) is 37.3 Å². The molecule has 0 radical (unpaired) electrons. The van der Waals surface area contributed by atoms with Crippen molar-refractivity contribution in [2.24, 2.45) is 5.92 Å². The van der Waals surface area contributed by atoms with Gasteiger partial charge in [-0.2, -0.15) is 0 Å². The molecule has 0 aliphatic carbocycles. The lowest BCUT2D eigenvalue weighted by atomic mass is 9.95. The number of pyridine rings is 1. The third-order valence-corrected chi connectivity index (χ3v) is 3.35. The minimum Gasteiger partial charge on any atom is -0.397 e. The lowest BCUT2D eigenvalue weighted by Gasteiger charge is -2.32. The topological polar surface area (TPSA) is 79.5 Å². The quantitative estimate of drug-likeness (QED) is 0.834. The molecule has 5 nitrogen and oxygen atoms in total. The Labute approximate surface area is 107 Å². The fourth-order valence-corrected chi connectivity index (χ4v) is 2.36. The molecule has 0 spiro atoms. The highest BCUT2D eigenvalue weighted by Gasteiger charge is 2.24. The predicted molar refractivity (Wildman–Crippen MR) is 69.0 cm³/mol. The number of amides is 1. The molecule has 1 aromatic rings. The Morgan fingerprint density at radius 2 is 2.39 bits per heavy atom. The molecule has 2 heterocycles. The SMILES string of the molecule is Nc1ccc(C(=O)N2CCCC(CCO)C2)nc1. The van der Waals surface area contributed by atoms with Crippen molar-refractivity contribution in [1.29, 1.82) is 0 Å². The van der Waals surface area contributed by atoms with Crippen LogP contribution in [0.5, 0.6) is 0 Å². The highest BCUT2D eigenvalue weighted by Crippen LogP contribution is 2.20. The van der Waals surface area contributed by atoms with Crippen LogP contribution >= 0.6 is 0 Å². The molecule has 18 heavy (non-hydrogen) atoms. The molecule has 5 heteroatoms. The Morgan fingerprint density at radius 1 is 1.56 bits per heavy atom. The fourth-order valence-electron chi connectivity index (χ4n) is 2.36. The maximum absolute atomic E-state index is 12.2. The largest absolute Gasteiger partial charge is 0.397 e. The van der Waals surface area contributed by atoms with Crippen molar-refractivity contribution in [3.05, 3.63) is 24.0 Å². The molecule has 1 unspecified atom stereocenters. The van der Waals surface area contributed by atoms with E-state index in [1.807, 2.05) is 4.90 Å². The first-order chi connectivity index (χ1) is 8.70. The van der Waals surface area contributed by atoms with Gasteiger partial charge in [0.15, 0.2) is 0 Å². The van der Waals surface area contributed by atoms with E-state index < -0.39 is 0 Å². The van der Waals surface area contributed by atoms with E-state index in [0.29, 0.717) is 23.8 Å². The van der Waals surface area contributed by atoms with Crippen molar-refractivity contribution in [2.75, 3.05) is 25.4 Å². The predicted octanol–water partition coefficient (Wildman–Crippen LogP) is 0.898. The summed E-state index contributed by atoms with van der Waals surface area (Å²) in [4.78, 5) is 18.1. The summed E-state index contributed by atoms with van der Waals surface area (Å²) in [5.74, 6) is 0.360. The first kappa shape index (κ1) is 12.8. The summed E-state index contributed by atoms with van der Waals surface area (Å²) in [7, 11) is 0. The van der Waals surface area contributed by atoms with Gasteiger partial charge in [-0.25, -0.2) is 4.98 Å². The molecule has 1 saturated heterocycles. The van der Waals surface area contributed by atoms with Crippen LogP contribution in [0, 0.1) is 5.92 Å². The molecule has 0 bridgehead atoms. The van der Waals surface area contributed by atoms with Crippen LogP contribution in [0.2, 0.25) is 0 Å². The van der Waals surface area contributed by atoms with Crippen LogP contribution in [0.3, 0.4) is 0 Å². The van der Waals surface area contributed by atoms with Crippen LogP contribution < -0.4 is 5.73 Å². The van der Waals surface area contributed by atoms with E-state index >= 15 is 0 Å². The van der Waals surface area contributed by atoms with Gasteiger partial charge in [-0.15, -0.1) is 0 Å². The molecule has 98 valence electrons. The summed E-state index contributed by atoms with van der Waals surface area (Å²) in [6.07, 6.45) is 4.34. The minimum absolute atomic E-state index is 0.0439. The minimum atomic E-state index is -0.0439. The number of aliphatic hydroxyl groups is 1. The average molecular weight is 249 g/mol. The number of carbonyl (C=O) groups excluding carboxylic acids is 1. The average Bonchev–Trinajstić information content (AvgIpc) is 2.39. The summed E-state index contributed by atoms with van der Waals surface area (Å²) in [5, 5.41) is 8.96. The van der Waals surface area contributed by atoms with Crippen molar-refractivity contribution in [2.45, 2.75) is 19.3 Å². The Balaban J connectivity index is 2.02. The van der Waals surface area contributed by atoms with Crippen molar-refractivity contribution in [1.82, 2.24) is 9.88 Å². The van der Waals surface area contributed by atoms with Gasteiger partial charge in [0.25, 0.3) is 5.91 Å². The molecule has 3 N–H and O–H groups in total. The van der Waals surface area contributed by atoms with Gasteiger partial charge in [-0.3, -0.25) is 4.79 Å². The number of nitrogens with two attached hydrogens (primary N) is 1. The molecule has 1 aliphatic rings. The Bertz CT molecular complexity index is 403. The van der Waals surface area contributed by atoms with Gasteiger partial charge < -0.3 is 15.7 Å². The highest BCUT2D eigenvalue weighted by molar-refractivity contribution is 5.92. The molecular weight excluding hydrogens is 230 g/mol. The Morgan fingerprint density at radius 3 is 3.06 bits per heavy atom. The molecular formula is C13H19N3O2. The van der Waals surface area contributed by atoms with Crippen LogP contribution in [0.25, 0.3) is 0 Å². The van der Waals surface area contributed by atoms with E-state index in [4.69, 9.17) is 10.8 Å². The zero-order valence-electron chi connectivity index (χ0n) is 10.4. The van der Waals surface area contributed by atoms with Crippen LogP contribution in [0.15, 0.2) is 18.3 Å². The number of hydrogen-bond donors (Lipinski definition) is 2. The van der Waals surface area contributed by atoms with Crippen LogP contribution in [-0.4, -0.2) is 40.6 Å². The number of aromatic nitrogens is 1. The van der Waals surface area contributed by atoms with Gasteiger partial charge in [0.1, 0.15) is 5.69 Å². The van der Waals surface area contributed by atoms with Gasteiger partial charge in [0.2, 0.25) is 0 Å². The number of nitrogen functional groups attached to an aromatic ring is 1. The third kappa shape index (κ3) is 2.98. The zero-order chi connectivity index (χ0) is 13.0. The summed E-state index contributed by atoms with van der Waals surface area (Å²) >= 11 is 0. The van der Waals surface area contributed by atoms with E-state index in [1.54, 1.807) is 12.1 Å². The molecule has 0 saturated carbocycles. The van der Waals surface area contributed by atoms with Gasteiger partial charge in [0, 0.05) is 19.7 Å². The second kappa shape index (κ2) is 5.82. The fraction of sp³-hybridized carbons (Fsp3) is 0.538. The number of carbonyl (C=O) groups is 1. The van der Waals surface area contributed by atoms with Crippen LogP contribution in [0.1, 0.15) is 29.8 Å². The maximum atomic E-state index is 12.2. The molecule has 1 atom stereocenters. The summed E-state index contributed by atoms with van der Waals surface area (Å²) < 4.78 is 0. The lowest BCUT2D eigenvalue weighted by Crippen LogP contribution is -2.40. The highest BCUT2D eigenvalue weighted by atomic mass is 16.3. The number of anilines is 1. The van der Waals surface area contributed by atoms with Crippen LogP contribution in [0.4, 0.5) is 5.69 Å². The van der Waals surface area contributed by atoms with Crippen molar-refractivity contribution in [3.63, 3.8) is 0 Å². The van der Waals surface area contributed by atoms with E-state index in [1.165, 1.54) is 6.20 Å². The van der Waals surface area contributed by atoms with E-state index in [9.17, 15) is 4.79 Å². The molecule has 1 aliphatic heterocycles. The summed E-state index contributed by atoms with van der Waals surface area (Å²) in [5.41, 5.74) is 6.55. The first-order valence-electron chi connectivity index (χ1n) is 6.32. The first-order valence-corrected chi connectivity index (χ1v) is 6.32. The lowest BCUT2D eigenvalue weighted by molar-refractivity contribution is 0.0648. The molecule has 2 rings (SSSR count). The molecule has 0 aromatic carbocycles. The van der Waals surface area contributed by atoms with Crippen molar-refractivity contribution < 1.29 is 9.90 Å². The second-order valence-electron chi connectivity index (χ2n) is 4.75. The van der Waals surface area contributed by atoms with Crippen LogP contribution in [-0.2, 0) is 0 Å². The normalized spacial score (nSPS) is 19.8. The van der Waals surface area contributed by atoms with Gasteiger partial charge in [-0.1, -0.05) is 0 Å². The number of nitrogens with zero attached hydrogens (tertiary/aromatic N) is 2. The molecule has 1 aromatic heterocycles. The second-order valence-corrected chi connectivity index (χ2v) is 4.75. The Kier molecular flexibility index (Phi) is 4.15. The van der Waals surface area contributed by atoms with Gasteiger partial charge >= 0.3 is 0 Å². The number of aliphatic hydroxyl groups excluding tert-OH is 1. The number of likely N-dealkylation sites (tertiary alicyclic amines) is 1. The Hall–Kier alpha value is -1.62. The molecule has 1 amide bonds. The van der Waals surface area contributed by atoms with E-state index in [2.05, 4.69) is 4.98 Å². The van der Waals surface area contributed by atoms with E-state index in [0.717, 1.165) is 25.8 Å².